The molecule has 0 bridgehead atoms. The van der Waals surface area contributed by atoms with Gasteiger partial charge in [-0.05, 0) is 24.3 Å². The monoisotopic (exact) mass is 236 g/mol. The Bertz CT molecular complexity index is 416. The first-order chi connectivity index (χ1) is 8.13. The largest absolute Gasteiger partial charge is 0.507 e. The minimum Gasteiger partial charge on any atom is -0.507 e. The molecule has 0 fully saturated rings. The molecule has 4 N–H and O–H groups in total. The van der Waals surface area contributed by atoms with E-state index in [4.69, 9.17) is 10.5 Å². The number of methoxy groups -OCH3 is 1. The van der Waals surface area contributed by atoms with Gasteiger partial charge in [0.2, 0.25) is 5.91 Å². The number of anilines is 1. The van der Waals surface area contributed by atoms with E-state index in [1.807, 2.05) is 0 Å². The van der Waals surface area contributed by atoms with Gasteiger partial charge in [-0.15, -0.1) is 0 Å². The molecular weight excluding hydrogens is 220 g/mol. The molecule has 17 heavy (non-hydrogen) atoms. The molecule has 0 aromatic heterocycles. The second-order valence-corrected chi connectivity index (χ2v) is 3.44. The molecule has 0 spiro atoms. The number of phenols is 1. The summed E-state index contributed by atoms with van der Waals surface area (Å²) in [6, 6.07) is 4.66. The fourth-order valence-electron chi connectivity index (χ4n) is 1.21. The van der Waals surface area contributed by atoms with Crippen LogP contribution in [0.1, 0.15) is 5.56 Å². The molecule has 1 amide bonds. The van der Waals surface area contributed by atoms with Crippen molar-refractivity contribution in [2.45, 2.75) is 0 Å². The summed E-state index contributed by atoms with van der Waals surface area (Å²) in [5.41, 5.74) is 6.61. The highest BCUT2D eigenvalue weighted by Crippen LogP contribution is 2.20. The van der Waals surface area contributed by atoms with Gasteiger partial charge in [-0.2, -0.15) is 0 Å². The van der Waals surface area contributed by atoms with Crippen LogP contribution < -0.4 is 11.1 Å². The zero-order chi connectivity index (χ0) is 12.7. The van der Waals surface area contributed by atoms with Crippen molar-refractivity contribution in [2.75, 3.05) is 26.0 Å². The minimum atomic E-state index is -0.246. The fourth-order valence-corrected chi connectivity index (χ4v) is 1.21. The number of amides is 1. The summed E-state index contributed by atoms with van der Waals surface area (Å²) in [6.07, 6.45) is 2.85. The average molecular weight is 236 g/mol. The van der Waals surface area contributed by atoms with Gasteiger partial charge in [0.25, 0.3) is 0 Å². The van der Waals surface area contributed by atoms with Crippen molar-refractivity contribution in [3.8, 4) is 5.75 Å². The third kappa shape index (κ3) is 4.56. The summed E-state index contributed by atoms with van der Waals surface area (Å²) < 4.78 is 4.79. The summed E-state index contributed by atoms with van der Waals surface area (Å²) in [4.78, 5) is 11.3. The molecule has 5 heteroatoms. The van der Waals surface area contributed by atoms with E-state index in [-0.39, 0.29) is 11.7 Å². The summed E-state index contributed by atoms with van der Waals surface area (Å²) in [5, 5.41) is 12.1. The molecule has 5 nitrogen and oxygen atoms in total. The van der Waals surface area contributed by atoms with Gasteiger partial charge in [0.1, 0.15) is 5.75 Å². The smallest absolute Gasteiger partial charge is 0.244 e. The van der Waals surface area contributed by atoms with Crippen molar-refractivity contribution in [1.82, 2.24) is 5.32 Å². The number of aromatic hydroxyl groups is 1. The Morgan fingerprint density at radius 1 is 1.59 bits per heavy atom. The van der Waals surface area contributed by atoms with Crippen molar-refractivity contribution >= 4 is 17.7 Å². The highest BCUT2D eigenvalue weighted by Gasteiger charge is 1.99. The van der Waals surface area contributed by atoms with Crippen molar-refractivity contribution in [3.05, 3.63) is 29.8 Å². The predicted octanol–water partition coefficient (Wildman–Crippen LogP) is 0.750. The number of nitrogen functional groups attached to an aromatic ring is 1. The Morgan fingerprint density at radius 3 is 3.06 bits per heavy atom. The van der Waals surface area contributed by atoms with Crippen LogP contribution in [-0.4, -0.2) is 31.3 Å². The van der Waals surface area contributed by atoms with Gasteiger partial charge in [0, 0.05) is 31.0 Å². The Balaban J connectivity index is 2.57. The number of ether oxygens (including phenoxy) is 1. The van der Waals surface area contributed by atoms with Crippen LogP contribution in [-0.2, 0) is 9.53 Å². The topological polar surface area (TPSA) is 84.6 Å². The van der Waals surface area contributed by atoms with Crippen LogP contribution in [0.5, 0.6) is 5.75 Å². The third-order valence-electron chi connectivity index (χ3n) is 2.07. The fraction of sp³-hybridized carbons (Fsp3) is 0.250. The molecule has 0 radical (unpaired) electrons. The number of benzene rings is 1. The van der Waals surface area contributed by atoms with Crippen LogP contribution in [0.15, 0.2) is 24.3 Å². The van der Waals surface area contributed by atoms with E-state index in [2.05, 4.69) is 5.32 Å². The third-order valence-corrected chi connectivity index (χ3v) is 2.07. The highest BCUT2D eigenvalue weighted by atomic mass is 16.5. The van der Waals surface area contributed by atoms with Crippen LogP contribution in [0, 0.1) is 0 Å². The van der Waals surface area contributed by atoms with E-state index in [1.165, 1.54) is 18.2 Å². The molecular formula is C12H16N2O3. The van der Waals surface area contributed by atoms with Gasteiger partial charge in [0.15, 0.2) is 0 Å². The number of nitrogens with one attached hydrogen (secondary N) is 1. The number of rotatable bonds is 5. The maximum absolute atomic E-state index is 11.3. The molecule has 1 rings (SSSR count). The summed E-state index contributed by atoms with van der Waals surface area (Å²) >= 11 is 0. The zero-order valence-corrected chi connectivity index (χ0v) is 9.64. The SMILES string of the molecule is COCCNC(=O)/C=C/c1cc(N)ccc1O. The summed E-state index contributed by atoms with van der Waals surface area (Å²) in [7, 11) is 1.56. The lowest BCUT2D eigenvalue weighted by Gasteiger charge is -2.01. The Labute approximate surface area is 99.9 Å². The van der Waals surface area contributed by atoms with Crippen LogP contribution in [0.25, 0.3) is 6.08 Å². The van der Waals surface area contributed by atoms with Gasteiger partial charge < -0.3 is 20.9 Å². The van der Waals surface area contributed by atoms with Crippen LogP contribution in [0.4, 0.5) is 5.69 Å². The molecule has 0 unspecified atom stereocenters. The Kier molecular flexibility index (Phi) is 5.03. The van der Waals surface area contributed by atoms with Gasteiger partial charge in [-0.3, -0.25) is 4.79 Å². The zero-order valence-electron chi connectivity index (χ0n) is 9.64. The van der Waals surface area contributed by atoms with Crippen molar-refractivity contribution in [3.63, 3.8) is 0 Å². The first-order valence-corrected chi connectivity index (χ1v) is 5.17. The number of carbonyl (C=O) groups excluding carboxylic acids is 1. The lowest BCUT2D eigenvalue weighted by molar-refractivity contribution is -0.116. The molecule has 0 heterocycles. The van der Waals surface area contributed by atoms with E-state index in [0.717, 1.165) is 0 Å². The normalized spacial score (nSPS) is 10.6. The number of carbonyl (C=O) groups is 1. The van der Waals surface area contributed by atoms with Crippen molar-refractivity contribution < 1.29 is 14.6 Å². The predicted molar refractivity (Wildman–Crippen MR) is 66.4 cm³/mol. The minimum absolute atomic E-state index is 0.0835. The number of hydrogen-bond donors (Lipinski definition) is 3. The lowest BCUT2D eigenvalue weighted by Crippen LogP contribution is -2.24. The molecule has 92 valence electrons. The molecule has 1 aromatic rings. The number of phenolic OH excluding ortho intramolecular Hbond substituents is 1. The standard InChI is InChI=1S/C12H16N2O3/c1-17-7-6-14-12(16)5-2-9-8-10(13)3-4-11(9)15/h2-5,8,15H,6-7,13H2,1H3,(H,14,16)/b5-2+. The first kappa shape index (κ1) is 13.1. The van der Waals surface area contributed by atoms with Crippen molar-refractivity contribution in [2.24, 2.45) is 0 Å². The highest BCUT2D eigenvalue weighted by molar-refractivity contribution is 5.92. The molecule has 1 aromatic carbocycles. The van der Waals surface area contributed by atoms with E-state index in [1.54, 1.807) is 19.2 Å². The van der Waals surface area contributed by atoms with Crippen LogP contribution >= 0.6 is 0 Å². The van der Waals surface area contributed by atoms with Gasteiger partial charge in [-0.25, -0.2) is 0 Å². The molecule has 0 saturated carbocycles. The quantitative estimate of drug-likeness (QED) is 0.305. The second kappa shape index (κ2) is 6.55. The molecule has 0 aliphatic heterocycles. The van der Waals surface area contributed by atoms with Gasteiger partial charge in [-0.1, -0.05) is 0 Å². The van der Waals surface area contributed by atoms with Crippen LogP contribution in [0.3, 0.4) is 0 Å². The van der Waals surface area contributed by atoms with Crippen LogP contribution in [0.2, 0.25) is 0 Å². The Morgan fingerprint density at radius 2 is 2.35 bits per heavy atom. The van der Waals surface area contributed by atoms with E-state index in [0.29, 0.717) is 24.4 Å². The molecule has 0 aliphatic carbocycles. The first-order valence-electron chi connectivity index (χ1n) is 5.17. The molecule has 0 saturated heterocycles. The summed E-state index contributed by atoms with van der Waals surface area (Å²) in [5.74, 6) is -0.163. The average Bonchev–Trinajstić information content (AvgIpc) is 2.31. The Hall–Kier alpha value is -2.01. The van der Waals surface area contributed by atoms with Crippen molar-refractivity contribution in [1.29, 1.82) is 0 Å². The number of nitrogens with two attached hydrogens (primary N) is 1. The van der Waals surface area contributed by atoms with Gasteiger partial charge in [0.05, 0.1) is 6.61 Å². The maximum Gasteiger partial charge on any atom is 0.244 e. The van der Waals surface area contributed by atoms with E-state index >= 15 is 0 Å². The molecule has 0 atom stereocenters. The van der Waals surface area contributed by atoms with E-state index < -0.39 is 0 Å². The second-order valence-electron chi connectivity index (χ2n) is 3.44. The molecule has 0 aliphatic rings. The lowest BCUT2D eigenvalue weighted by atomic mass is 10.1. The van der Waals surface area contributed by atoms with Gasteiger partial charge >= 0.3 is 0 Å². The summed E-state index contributed by atoms with van der Waals surface area (Å²) in [6.45, 7) is 0.908. The maximum atomic E-state index is 11.3. The van der Waals surface area contributed by atoms with E-state index in [9.17, 15) is 9.90 Å². The number of hydrogen-bond acceptors (Lipinski definition) is 4.